The van der Waals surface area contributed by atoms with Crippen molar-refractivity contribution >= 4 is 22.6 Å². The Hall–Kier alpha value is -3.51. The Balaban J connectivity index is 0.00000202. The molecule has 0 spiro atoms. The van der Waals surface area contributed by atoms with E-state index in [1.54, 1.807) is 14.2 Å². The smallest absolute Gasteiger partial charge is 1.00 e. The topological polar surface area (TPSA) is 56.6 Å². The van der Waals surface area contributed by atoms with Gasteiger partial charge in [-0.3, -0.25) is 4.79 Å². The predicted octanol–water partition coefficient (Wildman–Crippen LogP) is 4.93. The summed E-state index contributed by atoms with van der Waals surface area (Å²) in [6.07, 6.45) is 10.0. The summed E-state index contributed by atoms with van der Waals surface area (Å²) < 4.78 is 13.6. The van der Waals surface area contributed by atoms with E-state index in [1.807, 2.05) is 54.6 Å². The van der Waals surface area contributed by atoms with Gasteiger partial charge in [0.05, 0.1) is 30.8 Å². The van der Waals surface area contributed by atoms with Crippen molar-refractivity contribution in [3.63, 3.8) is 0 Å². The zero-order valence-corrected chi connectivity index (χ0v) is 24.7. The van der Waals surface area contributed by atoms with E-state index >= 15 is 4.79 Å². The minimum Gasteiger partial charge on any atom is -1.00 e. The first-order valence-electron chi connectivity index (χ1n) is 14.8. The Labute approximate surface area is 250 Å². The van der Waals surface area contributed by atoms with Crippen molar-refractivity contribution in [2.45, 2.75) is 69.9 Å². The highest BCUT2D eigenvalue weighted by Crippen LogP contribution is 2.43. The number of aromatic nitrogens is 2. The molecule has 2 saturated carbocycles. The van der Waals surface area contributed by atoms with E-state index in [0.29, 0.717) is 5.75 Å². The van der Waals surface area contributed by atoms with Crippen molar-refractivity contribution in [2.24, 2.45) is 5.92 Å². The molecule has 1 heterocycles. The van der Waals surface area contributed by atoms with E-state index < -0.39 is 0 Å². The molecule has 1 aromatic heterocycles. The summed E-state index contributed by atoms with van der Waals surface area (Å²) in [5.74, 6) is 2.59. The number of nitrogens with zero attached hydrogens (tertiary/aromatic N) is 3. The maximum absolute atomic E-state index is 15.1. The molecule has 0 saturated heterocycles. The molecule has 0 N–H and O–H groups in total. The summed E-state index contributed by atoms with van der Waals surface area (Å²) >= 11 is 0. The first-order valence-corrected chi connectivity index (χ1v) is 14.8. The summed E-state index contributed by atoms with van der Waals surface area (Å²) in [7, 11) is 3.33. The van der Waals surface area contributed by atoms with E-state index in [2.05, 4.69) is 27.7 Å². The average Bonchev–Trinajstić information content (AvgIpc) is 3.67. The molecule has 3 aromatic carbocycles. The maximum Gasteiger partial charge on any atom is 1.00 e. The van der Waals surface area contributed by atoms with Crippen molar-refractivity contribution in [1.82, 2.24) is 9.55 Å². The Morgan fingerprint density at radius 2 is 1.56 bits per heavy atom. The second-order valence-electron chi connectivity index (χ2n) is 11.2. The second-order valence-corrected chi connectivity index (χ2v) is 11.2. The van der Waals surface area contributed by atoms with Crippen LogP contribution in [0.5, 0.6) is 11.5 Å². The van der Waals surface area contributed by atoms with Gasteiger partial charge in [0.2, 0.25) is 0 Å². The van der Waals surface area contributed by atoms with Gasteiger partial charge in [-0.15, -0.1) is 0 Å². The van der Waals surface area contributed by atoms with Crippen LogP contribution in [0.1, 0.15) is 65.3 Å². The van der Waals surface area contributed by atoms with E-state index in [1.165, 1.54) is 6.42 Å². The number of ether oxygens (including phenoxy) is 2. The van der Waals surface area contributed by atoms with Gasteiger partial charge in [-0.2, -0.15) is 0 Å². The summed E-state index contributed by atoms with van der Waals surface area (Å²) in [6, 6.07) is 24.2. The molecule has 7 heteroatoms. The molecule has 1 unspecified atom stereocenters. The molecule has 216 valence electrons. The predicted molar refractivity (Wildman–Crippen MR) is 161 cm³/mol. The highest BCUT2D eigenvalue weighted by molar-refractivity contribution is 5.99. The van der Waals surface area contributed by atoms with Gasteiger partial charge in [0.25, 0.3) is 5.91 Å². The number of rotatable bonds is 8. The number of benzene rings is 3. The third kappa shape index (κ3) is 5.67. The Kier molecular flexibility index (Phi) is 9.19. The van der Waals surface area contributed by atoms with Crippen LogP contribution in [0.3, 0.4) is 0 Å². The van der Waals surface area contributed by atoms with Gasteiger partial charge in [-0.05, 0) is 68.0 Å². The van der Waals surface area contributed by atoms with Crippen LogP contribution in [-0.4, -0.2) is 35.7 Å². The highest BCUT2D eigenvalue weighted by Gasteiger charge is 2.40. The van der Waals surface area contributed by atoms with Crippen LogP contribution in [0.2, 0.25) is 0 Å². The number of imidazole rings is 1. The van der Waals surface area contributed by atoms with Gasteiger partial charge in [0.1, 0.15) is 23.4 Å². The Morgan fingerprint density at radius 1 is 0.878 bits per heavy atom. The van der Waals surface area contributed by atoms with Gasteiger partial charge in [-0.25, -0.2) is 4.98 Å². The molecule has 2 aliphatic carbocycles. The van der Waals surface area contributed by atoms with E-state index in [9.17, 15) is 0 Å². The SMILES string of the molecule is COc1ccc(-c2nc3ccccc3n2C(C(=O)N(c2ccccc2)C2CCCCC2)C2CCCC2)c(OC)c1.[Cl-].[H+]. The van der Waals surface area contributed by atoms with Crippen LogP contribution in [0.25, 0.3) is 22.4 Å². The second kappa shape index (κ2) is 13.0. The van der Waals surface area contributed by atoms with E-state index in [0.717, 1.165) is 85.2 Å². The van der Waals surface area contributed by atoms with Crippen molar-refractivity contribution < 1.29 is 28.1 Å². The van der Waals surface area contributed by atoms with Gasteiger partial charge >= 0.3 is 1.43 Å². The third-order valence-corrected chi connectivity index (χ3v) is 8.83. The molecule has 4 aromatic rings. The first kappa shape index (κ1) is 29.0. The number of anilines is 1. The molecule has 1 atom stereocenters. The van der Waals surface area contributed by atoms with Crippen LogP contribution < -0.4 is 26.8 Å². The maximum atomic E-state index is 15.1. The van der Waals surface area contributed by atoms with Crippen LogP contribution in [-0.2, 0) is 4.79 Å². The zero-order chi connectivity index (χ0) is 27.5. The lowest BCUT2D eigenvalue weighted by Crippen LogP contribution is -3.00. The lowest BCUT2D eigenvalue weighted by molar-refractivity contribution is -0.123. The number of amides is 1. The largest absolute Gasteiger partial charge is 1.00 e. The van der Waals surface area contributed by atoms with Gasteiger partial charge in [0.15, 0.2) is 0 Å². The summed E-state index contributed by atoms with van der Waals surface area (Å²) in [6.45, 7) is 0. The van der Waals surface area contributed by atoms with E-state index in [-0.39, 0.29) is 37.7 Å². The van der Waals surface area contributed by atoms with Crippen molar-refractivity contribution in [3.05, 3.63) is 72.8 Å². The molecule has 2 aliphatic rings. The van der Waals surface area contributed by atoms with Crippen LogP contribution in [0, 0.1) is 5.92 Å². The first-order chi connectivity index (χ1) is 19.7. The molecule has 0 aliphatic heterocycles. The molecule has 6 nitrogen and oxygen atoms in total. The molecule has 1 amide bonds. The van der Waals surface area contributed by atoms with Gasteiger partial charge in [-0.1, -0.05) is 62.4 Å². The highest BCUT2D eigenvalue weighted by atomic mass is 35.5. The summed E-state index contributed by atoms with van der Waals surface area (Å²) in [5, 5.41) is 0. The minimum atomic E-state index is -0.362. The molecular formula is C34H40ClN3O3. The standard InChI is InChI=1S/C34H39N3O3.ClH/c1-39-27-21-22-28(31(23-27)40-2)33-35-29-19-11-12-20-30(29)37(33)32(24-13-9-10-14-24)34(38)36(25-15-5-3-6-16-25)26-17-7-4-8-18-26;/h3,5-6,11-12,15-16,19-24,26,32H,4,7-10,13-14,17-18H2,1-2H3;1H. The number of hydrogen-bond donors (Lipinski definition) is 0. The fraction of sp³-hybridized carbons (Fsp3) is 0.412. The average molecular weight is 574 g/mol. The minimum absolute atomic E-state index is 0. The molecule has 6 rings (SSSR count). The number of fused-ring (bicyclic) bond motifs is 1. The molecule has 0 radical (unpaired) electrons. The lowest BCUT2D eigenvalue weighted by atomic mass is 9.90. The third-order valence-electron chi connectivity index (χ3n) is 8.83. The number of carbonyl (C=O) groups is 1. The summed E-state index contributed by atoms with van der Waals surface area (Å²) in [4.78, 5) is 22.4. The van der Waals surface area contributed by atoms with Crippen LogP contribution in [0.4, 0.5) is 5.69 Å². The molecule has 41 heavy (non-hydrogen) atoms. The Morgan fingerprint density at radius 3 is 2.27 bits per heavy atom. The molecular weight excluding hydrogens is 534 g/mol. The van der Waals surface area contributed by atoms with E-state index in [4.69, 9.17) is 14.5 Å². The van der Waals surface area contributed by atoms with Crippen LogP contribution >= 0.6 is 0 Å². The fourth-order valence-corrected chi connectivity index (χ4v) is 6.88. The quantitative estimate of drug-likeness (QED) is 0.300. The van der Waals surface area contributed by atoms with Crippen molar-refractivity contribution in [2.75, 3.05) is 19.1 Å². The number of carbonyl (C=O) groups excluding carboxylic acids is 1. The van der Waals surface area contributed by atoms with Crippen LogP contribution in [0.15, 0.2) is 72.8 Å². The lowest BCUT2D eigenvalue weighted by Gasteiger charge is -2.39. The van der Waals surface area contributed by atoms with Crippen molar-refractivity contribution in [1.29, 1.82) is 0 Å². The van der Waals surface area contributed by atoms with Gasteiger partial charge < -0.3 is 31.3 Å². The normalized spacial score (nSPS) is 16.7. The van der Waals surface area contributed by atoms with Gasteiger partial charge in [0, 0.05) is 17.8 Å². The van der Waals surface area contributed by atoms with Crippen molar-refractivity contribution in [3.8, 4) is 22.9 Å². The molecule has 2 fully saturated rings. The number of halogens is 1. The monoisotopic (exact) mass is 573 g/mol. The number of methoxy groups -OCH3 is 2. The zero-order valence-electron chi connectivity index (χ0n) is 25.0. The summed E-state index contributed by atoms with van der Waals surface area (Å²) in [5.41, 5.74) is 3.72. The Bertz CT molecular complexity index is 1470. The fourth-order valence-electron chi connectivity index (χ4n) is 6.88. The number of hydrogen-bond acceptors (Lipinski definition) is 4. The number of para-hydroxylation sites is 3. The molecule has 0 bridgehead atoms.